The molecule has 0 aromatic rings. The molecule has 0 spiro atoms. The van der Waals surface area contributed by atoms with Crippen molar-refractivity contribution in [3.8, 4) is 0 Å². The van der Waals surface area contributed by atoms with Gasteiger partial charge in [0, 0.05) is 40.8 Å². The van der Waals surface area contributed by atoms with Crippen LogP contribution in [0.5, 0.6) is 0 Å². The summed E-state index contributed by atoms with van der Waals surface area (Å²) in [5.74, 6) is 0. The van der Waals surface area contributed by atoms with E-state index in [-0.39, 0.29) is 96.8 Å². The molecule has 0 unspecified atom stereocenters. The minimum absolute atomic E-state index is 0. The molecular weight excluding hydrogens is 332 g/mol. The van der Waals surface area contributed by atoms with E-state index < -0.39 is 0 Å². The molecule has 0 atom stereocenters. The molecule has 0 saturated heterocycles. The van der Waals surface area contributed by atoms with E-state index in [0.29, 0.717) is 0 Å². The Balaban J connectivity index is 0. The summed E-state index contributed by atoms with van der Waals surface area (Å²) in [5, 5.41) is 0. The van der Waals surface area contributed by atoms with E-state index in [1.807, 2.05) is 0 Å². The van der Waals surface area contributed by atoms with Crippen molar-refractivity contribution in [1.82, 2.24) is 0 Å². The van der Waals surface area contributed by atoms with Crippen molar-refractivity contribution in [3.05, 3.63) is 0 Å². The molecule has 6 heteroatoms. The van der Waals surface area contributed by atoms with Gasteiger partial charge in [-0.05, 0) is 0 Å². The summed E-state index contributed by atoms with van der Waals surface area (Å²) >= 11 is 0. The number of hydrogen-bond donors (Lipinski definition) is 0. The van der Waals surface area contributed by atoms with Gasteiger partial charge in [0.2, 0.25) is 0 Å². The van der Waals surface area contributed by atoms with Crippen LogP contribution in [0, 0.1) is 40.8 Å². The molecule has 0 aliphatic heterocycles. The molecule has 0 radical (unpaired) electrons. The smallest absolute Gasteiger partial charge is 0 e. The topological polar surface area (TPSA) is 94.5 Å². The zero-order valence-corrected chi connectivity index (χ0v) is 5.21. The second-order valence-corrected chi connectivity index (χ2v) is 0. The van der Waals surface area contributed by atoms with E-state index in [9.17, 15) is 0 Å². The van der Waals surface area contributed by atoms with E-state index in [1.54, 1.807) is 0 Å². The van der Waals surface area contributed by atoms with Crippen molar-refractivity contribution in [3.63, 3.8) is 0 Å². The van der Waals surface area contributed by atoms with Crippen molar-refractivity contribution in [2.24, 2.45) is 0 Å². The van der Waals surface area contributed by atoms with E-state index in [2.05, 4.69) is 0 Å². The minimum Gasteiger partial charge on any atom is 0 e. The molecule has 0 aromatic heterocycles. The maximum Gasteiger partial charge on any atom is 0 e. The molecule has 0 aliphatic rings. The predicted molar refractivity (Wildman–Crippen MR) is 30.7 cm³/mol. The van der Waals surface area contributed by atoms with Crippen LogP contribution in [-0.2, 0) is 0 Å². The summed E-state index contributed by atoms with van der Waals surface area (Å²) in [6.45, 7) is 0. The molecular formula is H12Ga2NdO3. The van der Waals surface area contributed by atoms with Crippen LogP contribution in [0.15, 0.2) is 0 Å². The first-order valence-electron chi connectivity index (χ1n) is 0. The van der Waals surface area contributed by atoms with Crippen LogP contribution in [-0.4, -0.2) is 56.0 Å². The molecule has 0 rings (SSSR count). The fourth-order valence-corrected chi connectivity index (χ4v) is 0. The molecule has 6 heavy (non-hydrogen) atoms. The molecule has 6 N–H and O–H groups in total. The largest absolute Gasteiger partial charge is 0 e. The van der Waals surface area contributed by atoms with E-state index in [0.717, 1.165) is 0 Å². The standard InChI is InChI=1S/2Ga.Nd.3H2O.6H/h;;;3*1H2;;;;;;. The van der Waals surface area contributed by atoms with Gasteiger partial charge in [-0.1, -0.05) is 0 Å². The van der Waals surface area contributed by atoms with Crippen LogP contribution in [0.25, 0.3) is 0 Å². The van der Waals surface area contributed by atoms with Gasteiger partial charge in [0.15, 0.2) is 0 Å². The summed E-state index contributed by atoms with van der Waals surface area (Å²) in [5.41, 5.74) is 0. The quantitative estimate of drug-likeness (QED) is 0.395. The van der Waals surface area contributed by atoms with Crippen LogP contribution >= 0.6 is 0 Å². The summed E-state index contributed by atoms with van der Waals surface area (Å²) in [6, 6.07) is 0. The van der Waals surface area contributed by atoms with Gasteiger partial charge in [-0.15, -0.1) is 0 Å². The fourth-order valence-electron chi connectivity index (χ4n) is 0. The second kappa shape index (κ2) is 50.6. The van der Waals surface area contributed by atoms with Gasteiger partial charge in [-0.25, -0.2) is 0 Å². The summed E-state index contributed by atoms with van der Waals surface area (Å²) in [6.07, 6.45) is 0. The monoisotopic (exact) mass is 340 g/mol. The number of rotatable bonds is 0. The van der Waals surface area contributed by atoms with E-state index >= 15 is 0 Å². The minimum atomic E-state index is 0. The van der Waals surface area contributed by atoms with Gasteiger partial charge >= 0.3 is 39.6 Å². The average Bonchev–Trinajstić information content (AvgIpc) is 0. The van der Waals surface area contributed by atoms with Crippen molar-refractivity contribution < 1.29 is 57.3 Å². The third-order valence-electron chi connectivity index (χ3n) is 0. The molecule has 40 valence electrons. The van der Waals surface area contributed by atoms with Crippen molar-refractivity contribution >= 4 is 39.6 Å². The van der Waals surface area contributed by atoms with Gasteiger partial charge in [-0.2, -0.15) is 0 Å². The van der Waals surface area contributed by atoms with Crippen LogP contribution in [0.1, 0.15) is 0 Å². The maximum absolute atomic E-state index is 0. The van der Waals surface area contributed by atoms with Gasteiger partial charge in [0.05, 0.1) is 0 Å². The first-order valence-corrected chi connectivity index (χ1v) is 0. The SMILES string of the molecule is O.O.O.[GaH3].[GaH3].[Nd]. The first kappa shape index (κ1) is 76.4. The molecule has 0 bridgehead atoms. The number of hydrogen-bond acceptors (Lipinski definition) is 0. The van der Waals surface area contributed by atoms with E-state index in [1.165, 1.54) is 0 Å². The van der Waals surface area contributed by atoms with Crippen LogP contribution in [0.3, 0.4) is 0 Å². The fraction of sp³-hybridized carbons (Fsp3) is 0. The Morgan fingerprint density at radius 1 is 0.500 bits per heavy atom. The molecule has 3 nitrogen and oxygen atoms in total. The van der Waals surface area contributed by atoms with Crippen LogP contribution in [0.2, 0.25) is 0 Å². The normalized spacial score (nSPS) is 0. The molecule has 0 amide bonds. The van der Waals surface area contributed by atoms with Gasteiger partial charge < -0.3 is 16.4 Å². The molecule has 0 heterocycles. The Kier molecular flexibility index (Phi) is 645. The third kappa shape index (κ3) is 31.4. The molecule has 0 saturated carbocycles. The maximum atomic E-state index is 0. The van der Waals surface area contributed by atoms with Gasteiger partial charge in [0.1, 0.15) is 0 Å². The molecule has 0 aliphatic carbocycles. The molecule has 0 fully saturated rings. The summed E-state index contributed by atoms with van der Waals surface area (Å²) < 4.78 is 0. The second-order valence-electron chi connectivity index (χ2n) is 0. The zero-order valence-electron chi connectivity index (χ0n) is 2.00. The first-order chi connectivity index (χ1) is 0. The molecule has 0 aromatic carbocycles. The van der Waals surface area contributed by atoms with E-state index in [4.69, 9.17) is 0 Å². The third-order valence-corrected chi connectivity index (χ3v) is 0. The van der Waals surface area contributed by atoms with Crippen molar-refractivity contribution in [2.75, 3.05) is 0 Å². The Morgan fingerprint density at radius 3 is 0.500 bits per heavy atom. The zero-order chi connectivity index (χ0) is 0. The predicted octanol–water partition coefficient (Wildman–Crippen LogP) is -4.84. The Morgan fingerprint density at radius 2 is 0.500 bits per heavy atom. The summed E-state index contributed by atoms with van der Waals surface area (Å²) in [4.78, 5) is 0. The van der Waals surface area contributed by atoms with Gasteiger partial charge in [0.25, 0.3) is 0 Å². The Labute approximate surface area is 95.2 Å². The van der Waals surface area contributed by atoms with Gasteiger partial charge in [-0.3, -0.25) is 0 Å². The van der Waals surface area contributed by atoms with Crippen LogP contribution < -0.4 is 0 Å². The van der Waals surface area contributed by atoms with Crippen molar-refractivity contribution in [1.29, 1.82) is 0 Å². The Bertz CT molecular complexity index is 8.75. The Hall–Kier alpha value is 2.50. The summed E-state index contributed by atoms with van der Waals surface area (Å²) in [7, 11) is 0. The van der Waals surface area contributed by atoms with Crippen molar-refractivity contribution in [2.45, 2.75) is 0 Å². The van der Waals surface area contributed by atoms with Crippen LogP contribution in [0.4, 0.5) is 0 Å². The average molecular weight is 344 g/mol.